The van der Waals surface area contributed by atoms with Gasteiger partial charge in [0.15, 0.2) is 0 Å². The van der Waals surface area contributed by atoms with Crippen LogP contribution in [0, 0.1) is 0 Å². The number of carbonyl (C=O) groups excluding carboxylic acids is 1. The van der Waals surface area contributed by atoms with Crippen LogP contribution in [0.5, 0.6) is 5.75 Å². The van der Waals surface area contributed by atoms with Crippen LogP contribution in [0.1, 0.15) is 0 Å². The van der Waals surface area contributed by atoms with Crippen LogP contribution in [0.3, 0.4) is 0 Å². The molecule has 0 saturated carbocycles. The summed E-state index contributed by atoms with van der Waals surface area (Å²) in [4.78, 5) is 12.6. The number of methoxy groups -OCH3 is 1. The lowest BCUT2D eigenvalue weighted by Gasteiger charge is -2.23. The van der Waals surface area contributed by atoms with E-state index in [-0.39, 0.29) is 11.2 Å². The van der Waals surface area contributed by atoms with E-state index in [1.54, 1.807) is 7.11 Å². The fraction of sp³-hybridized carbons (Fsp3) is 0.300. The van der Waals surface area contributed by atoms with Crippen molar-refractivity contribution < 1.29 is 9.53 Å². The van der Waals surface area contributed by atoms with Crippen LogP contribution in [0.15, 0.2) is 23.1 Å². The molecule has 80 valence electrons. The van der Waals surface area contributed by atoms with Gasteiger partial charge in [-0.25, -0.2) is 0 Å². The first-order valence-corrected chi connectivity index (χ1v) is 5.48. The Bertz CT molecular complexity index is 395. The number of carbonyl (C=O) groups is 1. The summed E-state index contributed by atoms with van der Waals surface area (Å²) in [6, 6.07) is 5.62. The molecule has 15 heavy (non-hydrogen) atoms. The summed E-state index contributed by atoms with van der Waals surface area (Å²) in [5.41, 5.74) is 6.30. The second-order valence-corrected chi connectivity index (χ2v) is 4.44. The number of amides is 1. The molecule has 0 fully saturated rings. The van der Waals surface area contributed by atoms with Crippen molar-refractivity contribution in [2.75, 3.05) is 19.0 Å². The molecule has 1 aliphatic rings. The van der Waals surface area contributed by atoms with Crippen LogP contribution in [0.25, 0.3) is 0 Å². The highest BCUT2D eigenvalue weighted by atomic mass is 32.2. The number of nitrogens with two attached hydrogens (primary N) is 1. The topological polar surface area (TPSA) is 64.3 Å². The SMILES string of the molecule is COc1ccc2c(c1)NC(=O)C(CN)S2. The highest BCUT2D eigenvalue weighted by Crippen LogP contribution is 2.37. The Kier molecular flexibility index (Phi) is 2.83. The fourth-order valence-electron chi connectivity index (χ4n) is 1.41. The van der Waals surface area contributed by atoms with Crippen molar-refractivity contribution in [3.63, 3.8) is 0 Å². The van der Waals surface area contributed by atoms with Crippen LogP contribution >= 0.6 is 11.8 Å². The molecule has 1 aromatic carbocycles. The molecule has 1 atom stereocenters. The van der Waals surface area contributed by atoms with E-state index >= 15 is 0 Å². The van der Waals surface area contributed by atoms with Gasteiger partial charge in [-0.3, -0.25) is 4.79 Å². The molecule has 5 heteroatoms. The van der Waals surface area contributed by atoms with Crippen molar-refractivity contribution >= 4 is 23.4 Å². The lowest BCUT2D eigenvalue weighted by atomic mass is 10.2. The van der Waals surface area contributed by atoms with Gasteiger partial charge in [-0.2, -0.15) is 0 Å². The van der Waals surface area contributed by atoms with Crippen LogP contribution in [-0.4, -0.2) is 24.8 Å². The molecular weight excluding hydrogens is 212 g/mol. The van der Waals surface area contributed by atoms with E-state index in [2.05, 4.69) is 5.32 Å². The maximum absolute atomic E-state index is 11.5. The number of hydrogen-bond donors (Lipinski definition) is 2. The van der Waals surface area contributed by atoms with Crippen LogP contribution in [0.4, 0.5) is 5.69 Å². The first kappa shape index (κ1) is 10.3. The largest absolute Gasteiger partial charge is 0.497 e. The second kappa shape index (κ2) is 4.12. The zero-order valence-electron chi connectivity index (χ0n) is 8.32. The smallest absolute Gasteiger partial charge is 0.239 e. The molecule has 0 radical (unpaired) electrons. The van der Waals surface area contributed by atoms with E-state index in [4.69, 9.17) is 10.5 Å². The number of thioether (sulfide) groups is 1. The van der Waals surface area contributed by atoms with Gasteiger partial charge in [-0.15, -0.1) is 11.8 Å². The Morgan fingerprint density at radius 3 is 3.07 bits per heavy atom. The summed E-state index contributed by atoms with van der Waals surface area (Å²) in [5, 5.41) is 2.63. The Labute approximate surface area is 92.2 Å². The van der Waals surface area contributed by atoms with Gasteiger partial charge in [-0.05, 0) is 12.1 Å². The molecule has 0 bridgehead atoms. The maximum atomic E-state index is 11.5. The van der Waals surface area contributed by atoms with E-state index in [0.717, 1.165) is 16.3 Å². The van der Waals surface area contributed by atoms with Gasteiger partial charge in [0.25, 0.3) is 0 Å². The molecule has 1 heterocycles. The number of anilines is 1. The lowest BCUT2D eigenvalue weighted by molar-refractivity contribution is -0.115. The molecule has 1 unspecified atom stereocenters. The van der Waals surface area contributed by atoms with Gasteiger partial charge >= 0.3 is 0 Å². The quantitative estimate of drug-likeness (QED) is 0.788. The normalized spacial score (nSPS) is 19.3. The predicted octanol–water partition coefficient (Wildman–Crippen LogP) is 1.07. The highest BCUT2D eigenvalue weighted by molar-refractivity contribution is 8.01. The first-order valence-electron chi connectivity index (χ1n) is 4.60. The van der Waals surface area contributed by atoms with Crippen molar-refractivity contribution in [2.24, 2.45) is 5.73 Å². The van der Waals surface area contributed by atoms with Gasteiger partial charge in [0.1, 0.15) is 11.0 Å². The van der Waals surface area contributed by atoms with Crippen molar-refractivity contribution in [3.8, 4) is 5.75 Å². The van der Waals surface area contributed by atoms with Crippen molar-refractivity contribution in [1.29, 1.82) is 0 Å². The molecule has 0 spiro atoms. The molecule has 1 amide bonds. The average molecular weight is 224 g/mol. The summed E-state index contributed by atoms with van der Waals surface area (Å²) >= 11 is 1.49. The minimum absolute atomic E-state index is 0.0387. The molecule has 1 aliphatic heterocycles. The van der Waals surface area contributed by atoms with E-state index in [0.29, 0.717) is 6.54 Å². The Morgan fingerprint density at radius 2 is 2.40 bits per heavy atom. The molecule has 0 aliphatic carbocycles. The van der Waals surface area contributed by atoms with E-state index < -0.39 is 0 Å². The molecule has 1 aromatic rings. The first-order chi connectivity index (χ1) is 7.24. The third-order valence-corrected chi connectivity index (χ3v) is 3.52. The number of fused-ring (bicyclic) bond motifs is 1. The number of nitrogens with one attached hydrogen (secondary N) is 1. The third-order valence-electron chi connectivity index (χ3n) is 2.22. The van der Waals surface area contributed by atoms with Crippen LogP contribution in [-0.2, 0) is 4.79 Å². The number of rotatable bonds is 2. The fourth-order valence-corrected chi connectivity index (χ4v) is 2.36. The molecule has 3 N–H and O–H groups in total. The summed E-state index contributed by atoms with van der Waals surface area (Å²) in [6.07, 6.45) is 0. The van der Waals surface area contributed by atoms with Gasteiger partial charge < -0.3 is 15.8 Å². The third kappa shape index (κ3) is 1.93. The van der Waals surface area contributed by atoms with E-state index in [1.807, 2.05) is 18.2 Å². The number of ether oxygens (including phenoxy) is 1. The number of hydrogen-bond acceptors (Lipinski definition) is 4. The summed E-state index contributed by atoms with van der Waals surface area (Å²) in [7, 11) is 1.60. The predicted molar refractivity (Wildman–Crippen MR) is 60.3 cm³/mol. The van der Waals surface area contributed by atoms with Gasteiger partial charge in [0.05, 0.1) is 12.8 Å². The van der Waals surface area contributed by atoms with E-state index in [9.17, 15) is 4.79 Å². The van der Waals surface area contributed by atoms with Crippen molar-refractivity contribution in [2.45, 2.75) is 10.1 Å². The Balaban J connectivity index is 2.32. The summed E-state index contributed by atoms with van der Waals surface area (Å²) in [5.74, 6) is 0.698. The maximum Gasteiger partial charge on any atom is 0.239 e. The monoisotopic (exact) mass is 224 g/mol. The standard InChI is InChI=1S/C10H12N2O2S/c1-14-6-2-3-8-7(4-6)12-10(13)9(5-11)15-8/h2-4,9H,5,11H2,1H3,(H,12,13). The minimum atomic E-state index is -0.189. The van der Waals surface area contributed by atoms with Crippen molar-refractivity contribution in [1.82, 2.24) is 0 Å². The van der Waals surface area contributed by atoms with Crippen molar-refractivity contribution in [3.05, 3.63) is 18.2 Å². The van der Waals surface area contributed by atoms with Crippen LogP contribution in [0.2, 0.25) is 0 Å². The molecule has 0 aromatic heterocycles. The zero-order valence-corrected chi connectivity index (χ0v) is 9.14. The average Bonchev–Trinajstić information content (AvgIpc) is 2.27. The second-order valence-electron chi connectivity index (χ2n) is 3.19. The molecule has 2 rings (SSSR count). The van der Waals surface area contributed by atoms with Crippen LogP contribution < -0.4 is 15.8 Å². The molecule has 0 saturated heterocycles. The van der Waals surface area contributed by atoms with E-state index in [1.165, 1.54) is 11.8 Å². The van der Waals surface area contributed by atoms with Gasteiger partial charge in [0, 0.05) is 17.5 Å². The number of benzene rings is 1. The van der Waals surface area contributed by atoms with Gasteiger partial charge in [-0.1, -0.05) is 0 Å². The van der Waals surface area contributed by atoms with Gasteiger partial charge in [0.2, 0.25) is 5.91 Å². The summed E-state index contributed by atoms with van der Waals surface area (Å²) < 4.78 is 5.08. The summed E-state index contributed by atoms with van der Waals surface area (Å²) in [6.45, 7) is 0.349. The Morgan fingerprint density at radius 1 is 1.60 bits per heavy atom. The highest BCUT2D eigenvalue weighted by Gasteiger charge is 2.25. The Hall–Kier alpha value is -1.20. The lowest BCUT2D eigenvalue weighted by Crippen LogP contribution is -2.34. The molecule has 4 nitrogen and oxygen atoms in total. The molecular formula is C10H12N2O2S. The minimum Gasteiger partial charge on any atom is -0.497 e. The zero-order chi connectivity index (χ0) is 10.8.